The molecule has 6 heteroatoms. The van der Waals surface area contributed by atoms with Crippen LogP contribution in [0.5, 0.6) is 0 Å². The normalized spacial score (nSPS) is 18.7. The number of carbonyl (C=O) groups excluding carboxylic acids is 1. The van der Waals surface area contributed by atoms with Gasteiger partial charge in [0, 0.05) is 29.9 Å². The number of amides is 1. The Labute approximate surface area is 163 Å². The summed E-state index contributed by atoms with van der Waals surface area (Å²) >= 11 is 1.71. The average Bonchev–Trinajstić information content (AvgIpc) is 3.14. The third-order valence-corrected chi connectivity index (χ3v) is 6.59. The van der Waals surface area contributed by atoms with Crippen molar-refractivity contribution in [1.29, 1.82) is 0 Å². The minimum Gasteiger partial charge on any atom is -0.379 e. The number of aryl methyl sites for hydroxylation is 1. The van der Waals surface area contributed by atoms with Crippen molar-refractivity contribution in [2.75, 3.05) is 32.8 Å². The van der Waals surface area contributed by atoms with Crippen molar-refractivity contribution < 1.29 is 13.9 Å². The fourth-order valence-electron chi connectivity index (χ4n) is 4.00. The molecular weight excluding hydrogens is 363 g/mol. The Balaban J connectivity index is 1.48. The highest BCUT2D eigenvalue weighted by molar-refractivity contribution is 7.10. The molecule has 0 spiro atoms. The number of halogens is 1. The molecule has 1 fully saturated rings. The molecule has 2 aromatic rings. The van der Waals surface area contributed by atoms with E-state index in [-0.39, 0.29) is 17.8 Å². The van der Waals surface area contributed by atoms with Gasteiger partial charge >= 0.3 is 0 Å². The van der Waals surface area contributed by atoms with Crippen LogP contribution < -0.4 is 5.32 Å². The van der Waals surface area contributed by atoms with Crippen molar-refractivity contribution in [3.05, 3.63) is 57.0 Å². The number of ether oxygens (including phenoxy) is 1. The Bertz CT molecular complexity index is 784. The molecule has 144 valence electrons. The fourth-order valence-corrected chi connectivity index (χ4v) is 5.13. The Kier molecular flexibility index (Phi) is 5.86. The van der Waals surface area contributed by atoms with E-state index in [0.717, 1.165) is 43.5 Å². The predicted molar refractivity (Wildman–Crippen MR) is 105 cm³/mol. The maximum atomic E-state index is 13.4. The van der Waals surface area contributed by atoms with E-state index >= 15 is 0 Å². The van der Waals surface area contributed by atoms with Crippen molar-refractivity contribution in [3.8, 4) is 0 Å². The number of nitrogens with one attached hydrogen (secondary N) is 1. The molecule has 27 heavy (non-hydrogen) atoms. The zero-order chi connectivity index (χ0) is 18.6. The van der Waals surface area contributed by atoms with Crippen LogP contribution in [-0.4, -0.2) is 43.7 Å². The van der Waals surface area contributed by atoms with Gasteiger partial charge in [0.2, 0.25) is 0 Å². The summed E-state index contributed by atoms with van der Waals surface area (Å²) in [5, 5.41) is 5.14. The Hall–Kier alpha value is -1.76. The third kappa shape index (κ3) is 4.23. The predicted octanol–water partition coefficient (Wildman–Crippen LogP) is 3.57. The van der Waals surface area contributed by atoms with Crippen LogP contribution >= 0.6 is 11.3 Å². The van der Waals surface area contributed by atoms with Crippen molar-refractivity contribution >= 4 is 17.2 Å². The van der Waals surface area contributed by atoms with Crippen LogP contribution in [0.4, 0.5) is 4.39 Å². The number of carbonyl (C=O) groups is 1. The van der Waals surface area contributed by atoms with Gasteiger partial charge in [-0.3, -0.25) is 9.69 Å². The number of rotatable bonds is 5. The lowest BCUT2D eigenvalue weighted by molar-refractivity contribution is 0.0162. The first-order chi connectivity index (χ1) is 13.2. The third-order valence-electron chi connectivity index (χ3n) is 5.50. The highest BCUT2D eigenvalue weighted by Gasteiger charge is 2.25. The largest absolute Gasteiger partial charge is 0.379 e. The number of morpholine rings is 1. The van der Waals surface area contributed by atoms with Gasteiger partial charge in [-0.25, -0.2) is 4.39 Å². The molecule has 0 saturated carbocycles. The second-order valence-corrected chi connectivity index (χ2v) is 8.15. The van der Waals surface area contributed by atoms with Gasteiger partial charge in [0.25, 0.3) is 5.91 Å². The highest BCUT2D eigenvalue weighted by Crippen LogP contribution is 2.30. The molecule has 1 amide bonds. The molecule has 1 unspecified atom stereocenters. The Morgan fingerprint density at radius 3 is 2.70 bits per heavy atom. The molecule has 1 N–H and O–H groups in total. The zero-order valence-corrected chi connectivity index (χ0v) is 16.2. The van der Waals surface area contributed by atoms with E-state index in [0.29, 0.717) is 19.8 Å². The van der Waals surface area contributed by atoms with Gasteiger partial charge in [-0.15, -0.1) is 11.3 Å². The monoisotopic (exact) mass is 388 g/mol. The smallest absolute Gasteiger partial charge is 0.252 e. The summed E-state index contributed by atoms with van der Waals surface area (Å²) in [7, 11) is 0. The van der Waals surface area contributed by atoms with E-state index in [9.17, 15) is 9.18 Å². The average molecular weight is 389 g/mol. The fraction of sp³-hybridized carbons (Fsp3) is 0.476. The molecule has 0 bridgehead atoms. The summed E-state index contributed by atoms with van der Waals surface area (Å²) in [4.78, 5) is 16.5. The number of benzene rings is 1. The highest BCUT2D eigenvalue weighted by atomic mass is 32.1. The molecule has 4 nitrogen and oxygen atoms in total. The molecule has 1 aliphatic heterocycles. The summed E-state index contributed by atoms with van der Waals surface area (Å²) in [5.74, 6) is -0.233. The molecule has 1 aromatic carbocycles. The molecule has 1 saturated heterocycles. The summed E-state index contributed by atoms with van der Waals surface area (Å²) < 4.78 is 18.8. The van der Waals surface area contributed by atoms with Crippen LogP contribution in [0.25, 0.3) is 0 Å². The molecule has 1 aliphatic carbocycles. The minimum atomic E-state index is -0.242. The van der Waals surface area contributed by atoms with Crippen LogP contribution in [0.1, 0.15) is 45.2 Å². The molecule has 0 radical (unpaired) electrons. The standard InChI is InChI=1S/C21H25FN2O2S/c22-16-7-5-15(6-8-16)19(24-9-11-26-12-10-24)13-23-21(25)18-14-27-20-4-2-1-3-17(18)20/h5-8,14,19H,1-4,9-13H2,(H,23,25). The molecule has 2 heterocycles. The molecule has 4 rings (SSSR count). The van der Waals surface area contributed by atoms with Gasteiger partial charge in [-0.1, -0.05) is 12.1 Å². The maximum absolute atomic E-state index is 13.4. The lowest BCUT2D eigenvalue weighted by Crippen LogP contribution is -2.43. The first kappa shape index (κ1) is 18.6. The summed E-state index contributed by atoms with van der Waals surface area (Å²) in [6.07, 6.45) is 4.49. The van der Waals surface area contributed by atoms with Gasteiger partial charge < -0.3 is 10.1 Å². The minimum absolute atomic E-state index is 0.00905. The number of thiophene rings is 1. The number of hydrogen-bond donors (Lipinski definition) is 1. The first-order valence-corrected chi connectivity index (χ1v) is 10.5. The van der Waals surface area contributed by atoms with Gasteiger partial charge in [0.1, 0.15) is 5.82 Å². The second-order valence-electron chi connectivity index (χ2n) is 7.18. The zero-order valence-electron chi connectivity index (χ0n) is 15.4. The lowest BCUT2D eigenvalue weighted by Gasteiger charge is -2.35. The molecule has 2 aliphatic rings. The Morgan fingerprint density at radius 1 is 1.19 bits per heavy atom. The number of fused-ring (bicyclic) bond motifs is 1. The van der Waals surface area contributed by atoms with E-state index < -0.39 is 0 Å². The van der Waals surface area contributed by atoms with Crippen molar-refractivity contribution in [3.63, 3.8) is 0 Å². The van der Waals surface area contributed by atoms with E-state index in [1.165, 1.54) is 29.0 Å². The van der Waals surface area contributed by atoms with Crippen molar-refractivity contribution in [2.45, 2.75) is 31.7 Å². The van der Waals surface area contributed by atoms with Gasteiger partial charge in [0.15, 0.2) is 0 Å². The van der Waals surface area contributed by atoms with Gasteiger partial charge in [-0.05, 0) is 48.9 Å². The van der Waals surface area contributed by atoms with Crippen LogP contribution in [0.2, 0.25) is 0 Å². The maximum Gasteiger partial charge on any atom is 0.252 e. The molecular formula is C21H25FN2O2S. The lowest BCUT2D eigenvalue weighted by atomic mass is 9.95. The molecule has 1 aromatic heterocycles. The van der Waals surface area contributed by atoms with E-state index in [1.807, 2.05) is 17.5 Å². The topological polar surface area (TPSA) is 41.6 Å². The quantitative estimate of drug-likeness (QED) is 0.851. The number of hydrogen-bond acceptors (Lipinski definition) is 4. The van der Waals surface area contributed by atoms with Crippen LogP contribution in [0.15, 0.2) is 29.6 Å². The van der Waals surface area contributed by atoms with Crippen LogP contribution in [-0.2, 0) is 17.6 Å². The van der Waals surface area contributed by atoms with Crippen molar-refractivity contribution in [1.82, 2.24) is 10.2 Å². The first-order valence-electron chi connectivity index (χ1n) is 9.67. The molecule has 1 atom stereocenters. The summed E-state index contributed by atoms with van der Waals surface area (Å²) in [6.45, 7) is 3.50. The summed E-state index contributed by atoms with van der Waals surface area (Å²) in [5.41, 5.74) is 3.11. The van der Waals surface area contributed by atoms with Crippen LogP contribution in [0, 0.1) is 5.82 Å². The van der Waals surface area contributed by atoms with Gasteiger partial charge in [-0.2, -0.15) is 0 Å². The Morgan fingerprint density at radius 2 is 1.93 bits per heavy atom. The van der Waals surface area contributed by atoms with Crippen LogP contribution in [0.3, 0.4) is 0 Å². The van der Waals surface area contributed by atoms with Gasteiger partial charge in [0.05, 0.1) is 24.8 Å². The van der Waals surface area contributed by atoms with Crippen molar-refractivity contribution in [2.24, 2.45) is 0 Å². The number of nitrogens with zero attached hydrogens (tertiary/aromatic N) is 1. The van der Waals surface area contributed by atoms with E-state index in [4.69, 9.17) is 4.74 Å². The van der Waals surface area contributed by atoms with E-state index in [2.05, 4.69) is 10.2 Å². The SMILES string of the molecule is O=C(NCC(c1ccc(F)cc1)N1CCOCC1)c1csc2c1CCCC2. The van der Waals surface area contributed by atoms with E-state index in [1.54, 1.807) is 11.3 Å². The summed E-state index contributed by atoms with van der Waals surface area (Å²) in [6, 6.07) is 6.62. The second kappa shape index (κ2) is 8.50.